The van der Waals surface area contributed by atoms with Gasteiger partial charge in [0.2, 0.25) is 0 Å². The van der Waals surface area contributed by atoms with E-state index >= 15 is 0 Å². The second-order valence-corrected chi connectivity index (χ2v) is 9.23. The largest absolute Gasteiger partial charge is 0.506 e. The molecule has 1 amide bonds. The molecular weight excluding hydrogens is 622 g/mol. The number of hydrogen-bond acceptors (Lipinski definition) is 7. The number of benzene rings is 2. The van der Waals surface area contributed by atoms with E-state index in [2.05, 4.69) is 65.7 Å². The number of amides is 1. The molecular formula is C20H20Br3NO6S. The van der Waals surface area contributed by atoms with E-state index in [1.54, 1.807) is 36.4 Å². The summed E-state index contributed by atoms with van der Waals surface area (Å²) in [6.45, 7) is 0.0298. The minimum absolute atomic E-state index is 0.0298. The zero-order chi connectivity index (χ0) is 23.0. The highest BCUT2D eigenvalue weighted by atomic mass is 79.9. The number of esters is 1. The van der Waals surface area contributed by atoms with Gasteiger partial charge in [-0.1, -0.05) is 31.9 Å². The lowest BCUT2D eigenvalue weighted by atomic mass is 10.0. The van der Waals surface area contributed by atoms with Gasteiger partial charge >= 0.3 is 12.1 Å². The van der Waals surface area contributed by atoms with E-state index < -0.39 is 24.3 Å². The van der Waals surface area contributed by atoms with E-state index in [-0.39, 0.29) is 24.5 Å². The topological polar surface area (TPSA) is 94.1 Å². The summed E-state index contributed by atoms with van der Waals surface area (Å²) in [6.07, 6.45) is -2.23. The SMILES string of the molecule is CO[C@H](CCOC(=O)CS)[C@H](OC(=O)Nc1ccc(Br)cc1)c1cc(Br)cc(Br)c1O. The number of carbonyl (C=O) groups is 2. The number of phenols is 1. The van der Waals surface area contributed by atoms with Crippen molar-refractivity contribution in [3.05, 3.63) is 55.4 Å². The third kappa shape index (κ3) is 7.98. The van der Waals surface area contributed by atoms with Crippen molar-refractivity contribution in [2.24, 2.45) is 0 Å². The third-order valence-electron chi connectivity index (χ3n) is 4.12. The molecule has 2 atom stereocenters. The Labute approximate surface area is 210 Å². The van der Waals surface area contributed by atoms with Crippen LogP contribution in [0.25, 0.3) is 0 Å². The highest BCUT2D eigenvalue weighted by molar-refractivity contribution is 9.11. The molecule has 0 aromatic heterocycles. The second-order valence-electron chi connectivity index (χ2n) is 6.22. The Morgan fingerprint density at radius 1 is 1.13 bits per heavy atom. The van der Waals surface area contributed by atoms with Crippen molar-refractivity contribution < 1.29 is 28.9 Å². The quantitative estimate of drug-likeness (QED) is 0.235. The first-order valence-electron chi connectivity index (χ1n) is 8.95. The molecule has 2 N–H and O–H groups in total. The summed E-state index contributed by atoms with van der Waals surface area (Å²) in [7, 11) is 1.44. The Morgan fingerprint density at radius 3 is 2.42 bits per heavy atom. The lowest BCUT2D eigenvalue weighted by molar-refractivity contribution is -0.141. The lowest BCUT2D eigenvalue weighted by Gasteiger charge is -2.27. The number of methoxy groups -OCH3 is 1. The van der Waals surface area contributed by atoms with Crippen LogP contribution in [0.2, 0.25) is 0 Å². The number of ether oxygens (including phenoxy) is 3. The first kappa shape index (κ1) is 26.0. The molecule has 7 nitrogen and oxygen atoms in total. The van der Waals surface area contributed by atoms with Crippen LogP contribution in [0, 0.1) is 0 Å². The van der Waals surface area contributed by atoms with E-state index in [1.807, 2.05) is 0 Å². The van der Waals surface area contributed by atoms with Crippen LogP contribution < -0.4 is 5.32 Å². The number of hydrogen-bond donors (Lipinski definition) is 3. The van der Waals surface area contributed by atoms with E-state index in [0.29, 0.717) is 20.2 Å². The fourth-order valence-corrected chi connectivity index (χ4v) is 4.28. The highest BCUT2D eigenvalue weighted by Crippen LogP contribution is 2.39. The maximum atomic E-state index is 12.6. The summed E-state index contributed by atoms with van der Waals surface area (Å²) in [5.74, 6) is -0.622. The number of anilines is 1. The summed E-state index contributed by atoms with van der Waals surface area (Å²) in [5, 5.41) is 13.2. The van der Waals surface area contributed by atoms with Crippen LogP contribution in [-0.2, 0) is 19.0 Å². The van der Waals surface area contributed by atoms with Gasteiger partial charge in [0, 0.05) is 33.7 Å². The Morgan fingerprint density at radius 2 is 1.81 bits per heavy atom. The number of aromatic hydroxyl groups is 1. The molecule has 0 radical (unpaired) electrons. The Hall–Kier alpha value is -1.27. The summed E-state index contributed by atoms with van der Waals surface area (Å²) in [4.78, 5) is 24.0. The van der Waals surface area contributed by atoms with Crippen molar-refractivity contribution in [2.75, 3.05) is 24.8 Å². The Kier molecular flexibility index (Phi) is 10.6. The van der Waals surface area contributed by atoms with E-state index in [0.717, 1.165) is 4.47 Å². The minimum Gasteiger partial charge on any atom is -0.506 e. The maximum Gasteiger partial charge on any atom is 0.412 e. The van der Waals surface area contributed by atoms with Gasteiger partial charge in [-0.2, -0.15) is 12.6 Å². The van der Waals surface area contributed by atoms with Gasteiger partial charge in [-0.25, -0.2) is 4.79 Å². The molecule has 2 rings (SSSR count). The van der Waals surface area contributed by atoms with Crippen molar-refractivity contribution in [3.63, 3.8) is 0 Å². The molecule has 0 unspecified atom stereocenters. The van der Waals surface area contributed by atoms with Gasteiger partial charge in [0.25, 0.3) is 0 Å². The molecule has 0 fully saturated rings. The van der Waals surface area contributed by atoms with Gasteiger partial charge < -0.3 is 19.3 Å². The molecule has 31 heavy (non-hydrogen) atoms. The predicted molar refractivity (Wildman–Crippen MR) is 131 cm³/mol. The van der Waals surface area contributed by atoms with Crippen LogP contribution in [0.5, 0.6) is 5.75 Å². The lowest BCUT2D eigenvalue weighted by Crippen LogP contribution is -2.29. The first-order chi connectivity index (χ1) is 14.7. The molecule has 11 heteroatoms. The minimum atomic E-state index is -0.996. The standard InChI is InChI=1S/C20H20Br3NO6S/c1-28-16(6-7-29-17(25)10-31)19(14-8-12(22)9-15(23)18(14)26)30-20(27)24-13-4-2-11(21)3-5-13/h2-5,8-9,16,19,26,31H,6-7,10H2,1H3,(H,24,27)/t16-,19-/m1/s1. The monoisotopic (exact) mass is 639 g/mol. The summed E-state index contributed by atoms with van der Waals surface area (Å²) < 4.78 is 18.2. The average molecular weight is 642 g/mol. The predicted octanol–water partition coefficient (Wildman–Crippen LogP) is 5.85. The number of thiol groups is 1. The van der Waals surface area contributed by atoms with Crippen molar-refractivity contribution in [1.82, 2.24) is 0 Å². The van der Waals surface area contributed by atoms with Crippen LogP contribution in [-0.4, -0.2) is 42.7 Å². The fourth-order valence-electron chi connectivity index (χ4n) is 2.67. The number of phenolic OH excluding ortho intramolecular Hbond substituents is 1. The van der Waals surface area contributed by atoms with Crippen LogP contribution in [0.1, 0.15) is 18.1 Å². The zero-order valence-electron chi connectivity index (χ0n) is 16.3. The van der Waals surface area contributed by atoms with Gasteiger partial charge in [0.1, 0.15) is 11.9 Å². The van der Waals surface area contributed by atoms with Crippen LogP contribution in [0.4, 0.5) is 10.5 Å². The Bertz CT molecular complexity index is 913. The molecule has 0 saturated carbocycles. The van der Waals surface area contributed by atoms with Gasteiger partial charge in [-0.3, -0.25) is 10.1 Å². The summed E-state index contributed by atoms with van der Waals surface area (Å²) in [6, 6.07) is 10.3. The molecule has 0 bridgehead atoms. The van der Waals surface area contributed by atoms with E-state index in [4.69, 9.17) is 14.2 Å². The van der Waals surface area contributed by atoms with Crippen LogP contribution in [0.3, 0.4) is 0 Å². The van der Waals surface area contributed by atoms with Crippen molar-refractivity contribution in [2.45, 2.75) is 18.6 Å². The molecule has 0 heterocycles. The first-order valence-corrected chi connectivity index (χ1v) is 12.0. The van der Waals surface area contributed by atoms with Crippen molar-refractivity contribution in [3.8, 4) is 5.75 Å². The normalized spacial score (nSPS) is 12.7. The van der Waals surface area contributed by atoms with Gasteiger partial charge in [-0.05, 0) is 52.3 Å². The average Bonchev–Trinajstić information content (AvgIpc) is 2.74. The Balaban J connectivity index is 2.27. The number of nitrogens with one attached hydrogen (secondary N) is 1. The fraction of sp³-hybridized carbons (Fsp3) is 0.300. The molecule has 2 aromatic carbocycles. The summed E-state index contributed by atoms with van der Waals surface area (Å²) in [5.41, 5.74) is 0.850. The molecule has 0 aliphatic carbocycles. The maximum absolute atomic E-state index is 12.6. The zero-order valence-corrected chi connectivity index (χ0v) is 22.0. The number of carbonyl (C=O) groups excluding carboxylic acids is 2. The van der Waals surface area contributed by atoms with Crippen molar-refractivity contribution in [1.29, 1.82) is 0 Å². The number of rotatable bonds is 9. The van der Waals surface area contributed by atoms with Gasteiger partial charge in [0.15, 0.2) is 6.10 Å². The van der Waals surface area contributed by atoms with Crippen LogP contribution in [0.15, 0.2) is 49.8 Å². The number of halogens is 3. The molecule has 0 saturated heterocycles. The molecule has 0 aliphatic heterocycles. The van der Waals surface area contributed by atoms with Crippen LogP contribution >= 0.6 is 60.4 Å². The molecule has 168 valence electrons. The highest BCUT2D eigenvalue weighted by Gasteiger charge is 2.31. The second kappa shape index (κ2) is 12.7. The smallest absolute Gasteiger partial charge is 0.412 e. The van der Waals surface area contributed by atoms with E-state index in [1.165, 1.54) is 7.11 Å². The van der Waals surface area contributed by atoms with Gasteiger partial charge in [0.05, 0.1) is 16.8 Å². The van der Waals surface area contributed by atoms with E-state index in [9.17, 15) is 14.7 Å². The van der Waals surface area contributed by atoms with Crippen molar-refractivity contribution >= 4 is 78.2 Å². The molecule has 0 spiro atoms. The third-order valence-corrected chi connectivity index (χ3v) is 5.97. The molecule has 2 aromatic rings. The van der Waals surface area contributed by atoms with Gasteiger partial charge in [-0.15, -0.1) is 0 Å². The molecule has 0 aliphatic rings. The summed E-state index contributed by atoms with van der Waals surface area (Å²) >= 11 is 13.9.